The monoisotopic (exact) mass is 176 g/mol. The van der Waals surface area contributed by atoms with Crippen molar-refractivity contribution in [2.24, 2.45) is 5.73 Å². The molecule has 0 saturated carbocycles. The minimum Gasteiger partial charge on any atom is -0.329 e. The molecule has 0 aromatic heterocycles. The summed E-state index contributed by atoms with van der Waals surface area (Å²) in [5.74, 6) is 1.29. The Morgan fingerprint density at radius 1 is 1.27 bits per heavy atom. The lowest BCUT2D eigenvalue weighted by Crippen LogP contribution is -2.26. The standard InChI is InChI=1S/C8H20N2S/c1-10(7-5-9)6-3-4-8-11-2/h3-9H2,1-2H3. The number of hydrogen-bond donors (Lipinski definition) is 1. The summed E-state index contributed by atoms with van der Waals surface area (Å²) in [6, 6.07) is 0. The number of likely N-dealkylation sites (N-methyl/N-ethyl adjacent to an activating group) is 1. The Bertz CT molecular complexity index is 78.5. The number of nitrogens with zero attached hydrogens (tertiary/aromatic N) is 1. The zero-order valence-electron chi connectivity index (χ0n) is 7.68. The molecule has 68 valence electrons. The SMILES string of the molecule is CSCCCCN(C)CCN. The second-order valence-corrected chi connectivity index (χ2v) is 3.78. The van der Waals surface area contributed by atoms with E-state index in [1.54, 1.807) is 0 Å². The second-order valence-electron chi connectivity index (χ2n) is 2.79. The summed E-state index contributed by atoms with van der Waals surface area (Å²) in [5.41, 5.74) is 5.41. The van der Waals surface area contributed by atoms with Gasteiger partial charge in [0, 0.05) is 13.1 Å². The van der Waals surface area contributed by atoms with E-state index in [9.17, 15) is 0 Å². The van der Waals surface area contributed by atoms with Gasteiger partial charge < -0.3 is 10.6 Å². The molecular formula is C8H20N2S. The molecule has 0 amide bonds. The third kappa shape index (κ3) is 8.17. The molecule has 0 atom stereocenters. The predicted molar refractivity (Wildman–Crippen MR) is 54.2 cm³/mol. The minimum absolute atomic E-state index is 0.777. The highest BCUT2D eigenvalue weighted by molar-refractivity contribution is 7.98. The highest BCUT2D eigenvalue weighted by atomic mass is 32.2. The van der Waals surface area contributed by atoms with Crippen molar-refractivity contribution in [3.8, 4) is 0 Å². The van der Waals surface area contributed by atoms with Gasteiger partial charge in [0.25, 0.3) is 0 Å². The van der Waals surface area contributed by atoms with E-state index in [2.05, 4.69) is 18.2 Å². The number of nitrogens with two attached hydrogens (primary N) is 1. The molecule has 0 aliphatic carbocycles. The summed E-state index contributed by atoms with van der Waals surface area (Å²) in [4.78, 5) is 2.29. The van der Waals surface area contributed by atoms with Crippen molar-refractivity contribution < 1.29 is 0 Å². The number of rotatable bonds is 7. The van der Waals surface area contributed by atoms with Gasteiger partial charge in [-0.1, -0.05) is 0 Å². The molecule has 0 unspecified atom stereocenters. The van der Waals surface area contributed by atoms with Gasteiger partial charge in [0.2, 0.25) is 0 Å². The Hall–Kier alpha value is 0.270. The van der Waals surface area contributed by atoms with Crippen molar-refractivity contribution in [2.75, 3.05) is 38.7 Å². The van der Waals surface area contributed by atoms with Gasteiger partial charge in [0.05, 0.1) is 0 Å². The lowest BCUT2D eigenvalue weighted by molar-refractivity contribution is 0.337. The molecule has 0 aromatic carbocycles. The van der Waals surface area contributed by atoms with Crippen LogP contribution in [0.3, 0.4) is 0 Å². The van der Waals surface area contributed by atoms with Gasteiger partial charge >= 0.3 is 0 Å². The van der Waals surface area contributed by atoms with Crippen molar-refractivity contribution >= 4 is 11.8 Å². The van der Waals surface area contributed by atoms with Gasteiger partial charge in [-0.15, -0.1) is 0 Å². The zero-order chi connectivity index (χ0) is 8.53. The summed E-state index contributed by atoms with van der Waals surface area (Å²) in [6.45, 7) is 3.00. The minimum atomic E-state index is 0.777. The van der Waals surface area contributed by atoms with E-state index in [1.807, 2.05) is 11.8 Å². The molecule has 2 N–H and O–H groups in total. The first-order chi connectivity index (χ1) is 5.31. The van der Waals surface area contributed by atoms with Gasteiger partial charge in [-0.25, -0.2) is 0 Å². The van der Waals surface area contributed by atoms with Crippen LogP contribution in [0.2, 0.25) is 0 Å². The van der Waals surface area contributed by atoms with Crippen LogP contribution in [0.4, 0.5) is 0 Å². The Balaban J connectivity index is 2.97. The lowest BCUT2D eigenvalue weighted by atomic mass is 10.3. The van der Waals surface area contributed by atoms with E-state index in [-0.39, 0.29) is 0 Å². The summed E-state index contributed by atoms with van der Waals surface area (Å²) >= 11 is 1.92. The molecule has 0 rings (SSSR count). The molecule has 0 aliphatic rings. The summed E-state index contributed by atoms with van der Waals surface area (Å²) < 4.78 is 0. The quantitative estimate of drug-likeness (QED) is 0.587. The van der Waals surface area contributed by atoms with Gasteiger partial charge in [-0.2, -0.15) is 11.8 Å². The molecule has 0 heterocycles. The van der Waals surface area contributed by atoms with Gasteiger partial charge in [0.1, 0.15) is 0 Å². The summed E-state index contributed by atoms with van der Waals surface area (Å²) in [6.07, 6.45) is 4.79. The van der Waals surface area contributed by atoms with Crippen LogP contribution in [0.15, 0.2) is 0 Å². The number of thioether (sulfide) groups is 1. The van der Waals surface area contributed by atoms with E-state index >= 15 is 0 Å². The first kappa shape index (κ1) is 11.3. The van der Waals surface area contributed by atoms with E-state index in [0.29, 0.717) is 0 Å². The molecule has 0 aromatic rings. The van der Waals surface area contributed by atoms with Crippen LogP contribution in [0.5, 0.6) is 0 Å². The Morgan fingerprint density at radius 3 is 2.55 bits per heavy atom. The van der Waals surface area contributed by atoms with Gasteiger partial charge in [0.15, 0.2) is 0 Å². The molecule has 11 heavy (non-hydrogen) atoms. The smallest absolute Gasteiger partial charge is 0.0102 e. The molecule has 0 fully saturated rings. The average Bonchev–Trinajstić information content (AvgIpc) is 1.99. The maximum Gasteiger partial charge on any atom is 0.0102 e. The zero-order valence-corrected chi connectivity index (χ0v) is 8.49. The molecule has 0 saturated heterocycles. The first-order valence-corrected chi connectivity index (χ1v) is 5.58. The van der Waals surface area contributed by atoms with Gasteiger partial charge in [-0.3, -0.25) is 0 Å². The van der Waals surface area contributed by atoms with E-state index in [0.717, 1.165) is 13.1 Å². The second kappa shape index (κ2) is 8.37. The van der Waals surface area contributed by atoms with E-state index in [4.69, 9.17) is 5.73 Å². The van der Waals surface area contributed by atoms with Crippen molar-refractivity contribution in [3.05, 3.63) is 0 Å². The maximum absolute atomic E-state index is 5.41. The predicted octanol–water partition coefficient (Wildman–Crippen LogP) is 1.02. The molecule has 0 spiro atoms. The van der Waals surface area contributed by atoms with Crippen LogP contribution >= 0.6 is 11.8 Å². The number of unbranched alkanes of at least 4 members (excludes halogenated alkanes) is 1. The molecular weight excluding hydrogens is 156 g/mol. The van der Waals surface area contributed by atoms with Crippen molar-refractivity contribution in [3.63, 3.8) is 0 Å². The summed E-state index contributed by atoms with van der Waals surface area (Å²) in [5, 5.41) is 0. The number of hydrogen-bond acceptors (Lipinski definition) is 3. The Labute approximate surface area is 74.5 Å². The molecule has 0 aliphatic heterocycles. The molecule has 3 heteroatoms. The molecule has 2 nitrogen and oxygen atoms in total. The normalized spacial score (nSPS) is 10.9. The van der Waals surface area contributed by atoms with Crippen LogP contribution in [0.25, 0.3) is 0 Å². The van der Waals surface area contributed by atoms with Crippen LogP contribution in [0.1, 0.15) is 12.8 Å². The van der Waals surface area contributed by atoms with Crippen molar-refractivity contribution in [1.29, 1.82) is 0 Å². The molecule has 0 radical (unpaired) electrons. The fourth-order valence-electron chi connectivity index (χ4n) is 0.960. The van der Waals surface area contributed by atoms with E-state index in [1.165, 1.54) is 25.1 Å². The summed E-state index contributed by atoms with van der Waals surface area (Å²) in [7, 11) is 2.13. The largest absolute Gasteiger partial charge is 0.329 e. The Kier molecular flexibility index (Phi) is 8.57. The average molecular weight is 176 g/mol. The lowest BCUT2D eigenvalue weighted by Gasteiger charge is -2.14. The van der Waals surface area contributed by atoms with Crippen molar-refractivity contribution in [1.82, 2.24) is 4.90 Å². The van der Waals surface area contributed by atoms with Crippen LogP contribution in [-0.2, 0) is 0 Å². The van der Waals surface area contributed by atoms with Crippen molar-refractivity contribution in [2.45, 2.75) is 12.8 Å². The topological polar surface area (TPSA) is 29.3 Å². The maximum atomic E-state index is 5.41. The van der Waals surface area contributed by atoms with Gasteiger partial charge in [-0.05, 0) is 38.4 Å². The highest BCUT2D eigenvalue weighted by Crippen LogP contribution is 1.99. The highest BCUT2D eigenvalue weighted by Gasteiger charge is 1.94. The fraction of sp³-hybridized carbons (Fsp3) is 1.00. The Morgan fingerprint density at radius 2 is 2.00 bits per heavy atom. The van der Waals surface area contributed by atoms with Crippen LogP contribution in [0, 0.1) is 0 Å². The fourth-order valence-corrected chi connectivity index (χ4v) is 1.45. The third-order valence-electron chi connectivity index (χ3n) is 1.65. The first-order valence-electron chi connectivity index (χ1n) is 4.18. The van der Waals surface area contributed by atoms with E-state index < -0.39 is 0 Å². The van der Waals surface area contributed by atoms with Crippen LogP contribution in [-0.4, -0.2) is 43.6 Å². The van der Waals surface area contributed by atoms with Crippen LogP contribution < -0.4 is 5.73 Å². The third-order valence-corrected chi connectivity index (χ3v) is 2.35. The molecule has 0 bridgehead atoms.